The Morgan fingerprint density at radius 1 is 1.27 bits per heavy atom. The van der Waals surface area contributed by atoms with E-state index < -0.39 is 0 Å². The number of hydrogen-bond donors (Lipinski definition) is 1. The van der Waals surface area contributed by atoms with Crippen LogP contribution in [0.15, 0.2) is 40.9 Å². The summed E-state index contributed by atoms with van der Waals surface area (Å²) in [6, 6.07) is 12.3. The first-order valence-electron chi connectivity index (χ1n) is 4.75. The molecule has 2 N–H and O–H groups in total. The van der Waals surface area contributed by atoms with Gasteiger partial charge in [0.15, 0.2) is 0 Å². The Hall–Kier alpha value is -0.640. The minimum Gasteiger partial charge on any atom is -0.320 e. The molecule has 1 heterocycles. The molecule has 0 saturated heterocycles. The van der Waals surface area contributed by atoms with E-state index in [1.807, 2.05) is 18.2 Å². The molecule has 78 valence electrons. The Morgan fingerprint density at radius 2 is 1.93 bits per heavy atom. The van der Waals surface area contributed by atoms with Crippen molar-refractivity contribution in [3.05, 3.63) is 56.2 Å². The van der Waals surface area contributed by atoms with Crippen LogP contribution in [0.1, 0.15) is 21.4 Å². The third-order valence-corrected chi connectivity index (χ3v) is 4.56. The maximum Gasteiger partial charge on any atom is 0.0646 e. The van der Waals surface area contributed by atoms with Crippen molar-refractivity contribution in [3.63, 3.8) is 0 Å². The zero-order chi connectivity index (χ0) is 10.8. The van der Waals surface area contributed by atoms with Crippen LogP contribution in [0.3, 0.4) is 0 Å². The van der Waals surface area contributed by atoms with Crippen LogP contribution in [0.2, 0.25) is 0 Å². The normalized spacial score (nSPS) is 12.7. The number of thiophene rings is 1. The van der Waals surface area contributed by atoms with Crippen LogP contribution in [0.5, 0.6) is 0 Å². The van der Waals surface area contributed by atoms with Gasteiger partial charge in [0.05, 0.1) is 6.04 Å². The summed E-state index contributed by atoms with van der Waals surface area (Å²) in [5, 5.41) is 0. The van der Waals surface area contributed by atoms with Crippen LogP contribution in [-0.2, 0) is 0 Å². The number of benzene rings is 1. The smallest absolute Gasteiger partial charge is 0.0646 e. The van der Waals surface area contributed by atoms with Crippen LogP contribution in [0.4, 0.5) is 0 Å². The molecule has 1 atom stereocenters. The van der Waals surface area contributed by atoms with Crippen LogP contribution in [-0.4, -0.2) is 0 Å². The molecule has 0 radical (unpaired) electrons. The summed E-state index contributed by atoms with van der Waals surface area (Å²) in [7, 11) is 0. The van der Waals surface area contributed by atoms with E-state index in [1.165, 1.54) is 9.75 Å². The summed E-state index contributed by atoms with van der Waals surface area (Å²) in [4.78, 5) is 2.47. The first-order chi connectivity index (χ1) is 7.18. The summed E-state index contributed by atoms with van der Waals surface area (Å²) in [5.41, 5.74) is 7.35. The third-order valence-electron chi connectivity index (χ3n) is 2.34. The van der Waals surface area contributed by atoms with Crippen LogP contribution in [0, 0.1) is 6.92 Å². The topological polar surface area (TPSA) is 26.0 Å². The summed E-state index contributed by atoms with van der Waals surface area (Å²) < 4.78 is 1.15. The Kier molecular flexibility index (Phi) is 3.24. The lowest BCUT2D eigenvalue weighted by Crippen LogP contribution is -2.09. The molecule has 0 aliphatic heterocycles. The van der Waals surface area contributed by atoms with Crippen LogP contribution < -0.4 is 5.73 Å². The molecule has 1 aromatic heterocycles. The fraction of sp³-hybridized carbons (Fsp3) is 0.167. The molecule has 1 aromatic carbocycles. The van der Waals surface area contributed by atoms with E-state index in [2.05, 4.69) is 41.1 Å². The Labute approximate surface area is 102 Å². The highest BCUT2D eigenvalue weighted by Gasteiger charge is 2.12. The lowest BCUT2D eigenvalue weighted by Gasteiger charge is -2.08. The zero-order valence-electron chi connectivity index (χ0n) is 8.41. The van der Waals surface area contributed by atoms with E-state index in [0.29, 0.717) is 0 Å². The molecule has 3 heteroatoms. The summed E-state index contributed by atoms with van der Waals surface area (Å²) in [6.45, 7) is 2.09. The molecule has 15 heavy (non-hydrogen) atoms. The van der Waals surface area contributed by atoms with Crippen molar-refractivity contribution in [2.45, 2.75) is 13.0 Å². The minimum absolute atomic E-state index is 0.0128. The van der Waals surface area contributed by atoms with Crippen LogP contribution >= 0.6 is 27.3 Å². The van der Waals surface area contributed by atoms with Crippen molar-refractivity contribution in [1.82, 2.24) is 0 Å². The predicted molar refractivity (Wildman–Crippen MR) is 69.2 cm³/mol. The Balaban J connectivity index is 2.32. The fourth-order valence-corrected chi connectivity index (χ4v) is 3.05. The fourth-order valence-electron chi connectivity index (χ4n) is 1.46. The molecule has 1 unspecified atom stereocenters. The first-order valence-corrected chi connectivity index (χ1v) is 6.36. The van der Waals surface area contributed by atoms with E-state index in [1.54, 1.807) is 11.3 Å². The standard InChI is InChI=1S/C12H12BrNS/c1-8-10(13)7-11(15-8)12(14)9-5-3-2-4-6-9/h2-7,12H,14H2,1H3. The monoisotopic (exact) mass is 281 g/mol. The molecular formula is C12H12BrNS. The van der Waals surface area contributed by atoms with Crippen molar-refractivity contribution in [3.8, 4) is 0 Å². The predicted octanol–water partition coefficient (Wildman–Crippen LogP) is 3.87. The first kappa shape index (κ1) is 10.9. The average Bonchev–Trinajstić information content (AvgIpc) is 2.59. The number of hydrogen-bond acceptors (Lipinski definition) is 2. The van der Waals surface area contributed by atoms with Gasteiger partial charge < -0.3 is 5.73 Å². The molecule has 0 aliphatic rings. The van der Waals surface area contributed by atoms with Gasteiger partial charge in [-0.1, -0.05) is 30.3 Å². The van der Waals surface area contributed by atoms with Gasteiger partial charge in [-0.2, -0.15) is 0 Å². The molecule has 2 rings (SSSR count). The van der Waals surface area contributed by atoms with Gasteiger partial charge in [0, 0.05) is 14.2 Å². The number of halogens is 1. The Morgan fingerprint density at radius 3 is 2.47 bits per heavy atom. The molecule has 0 amide bonds. The summed E-state index contributed by atoms with van der Waals surface area (Å²) >= 11 is 5.26. The van der Waals surface area contributed by atoms with Crippen molar-refractivity contribution in [1.29, 1.82) is 0 Å². The number of nitrogens with two attached hydrogens (primary N) is 1. The van der Waals surface area contributed by atoms with E-state index in [4.69, 9.17) is 5.73 Å². The summed E-state index contributed by atoms with van der Waals surface area (Å²) in [6.07, 6.45) is 0. The highest BCUT2D eigenvalue weighted by molar-refractivity contribution is 9.10. The van der Waals surface area contributed by atoms with Crippen molar-refractivity contribution in [2.75, 3.05) is 0 Å². The highest BCUT2D eigenvalue weighted by Crippen LogP contribution is 2.32. The molecule has 0 fully saturated rings. The maximum absolute atomic E-state index is 6.19. The highest BCUT2D eigenvalue weighted by atomic mass is 79.9. The minimum atomic E-state index is -0.0128. The van der Waals surface area contributed by atoms with E-state index in [0.717, 1.165) is 10.0 Å². The maximum atomic E-state index is 6.19. The van der Waals surface area contributed by atoms with Gasteiger partial charge in [-0.3, -0.25) is 0 Å². The molecule has 2 aromatic rings. The van der Waals surface area contributed by atoms with Gasteiger partial charge in [0.1, 0.15) is 0 Å². The largest absolute Gasteiger partial charge is 0.320 e. The molecule has 0 spiro atoms. The number of rotatable bonds is 2. The lowest BCUT2D eigenvalue weighted by molar-refractivity contribution is 0.893. The summed E-state index contributed by atoms with van der Waals surface area (Å²) in [5.74, 6) is 0. The van der Waals surface area contributed by atoms with Gasteiger partial charge in [-0.25, -0.2) is 0 Å². The van der Waals surface area contributed by atoms with Crippen molar-refractivity contribution < 1.29 is 0 Å². The number of aryl methyl sites for hydroxylation is 1. The van der Waals surface area contributed by atoms with Crippen LogP contribution in [0.25, 0.3) is 0 Å². The van der Waals surface area contributed by atoms with Gasteiger partial charge in [-0.05, 0) is 34.5 Å². The quantitative estimate of drug-likeness (QED) is 0.889. The lowest BCUT2D eigenvalue weighted by atomic mass is 10.1. The molecule has 0 bridgehead atoms. The zero-order valence-corrected chi connectivity index (χ0v) is 10.8. The second-order valence-corrected chi connectivity index (χ2v) is 5.58. The second kappa shape index (κ2) is 4.47. The second-order valence-electron chi connectivity index (χ2n) is 3.44. The molecule has 0 aliphatic carbocycles. The third kappa shape index (κ3) is 2.30. The van der Waals surface area contributed by atoms with Gasteiger partial charge in [-0.15, -0.1) is 11.3 Å². The van der Waals surface area contributed by atoms with Crippen molar-refractivity contribution >= 4 is 27.3 Å². The van der Waals surface area contributed by atoms with E-state index >= 15 is 0 Å². The molecule has 1 nitrogen and oxygen atoms in total. The van der Waals surface area contributed by atoms with Gasteiger partial charge in [0.2, 0.25) is 0 Å². The molecular weight excluding hydrogens is 270 g/mol. The van der Waals surface area contributed by atoms with E-state index in [9.17, 15) is 0 Å². The van der Waals surface area contributed by atoms with Crippen molar-refractivity contribution in [2.24, 2.45) is 5.73 Å². The average molecular weight is 282 g/mol. The Bertz CT molecular complexity index is 430. The van der Waals surface area contributed by atoms with E-state index in [-0.39, 0.29) is 6.04 Å². The SMILES string of the molecule is Cc1sc(C(N)c2ccccc2)cc1Br. The van der Waals surface area contributed by atoms with Gasteiger partial charge >= 0.3 is 0 Å². The molecule has 0 saturated carbocycles. The van der Waals surface area contributed by atoms with Gasteiger partial charge in [0.25, 0.3) is 0 Å².